The predicted octanol–water partition coefficient (Wildman–Crippen LogP) is 5.17. The van der Waals surface area contributed by atoms with Gasteiger partial charge in [-0.1, -0.05) is 26.0 Å². The minimum Gasteiger partial charge on any atom is -0.513 e. The fourth-order valence-electron chi connectivity index (χ4n) is 4.67. The molecule has 1 fully saturated rings. The predicted molar refractivity (Wildman–Crippen MR) is 103 cm³/mol. The van der Waals surface area contributed by atoms with Crippen LogP contribution in [0.3, 0.4) is 0 Å². The van der Waals surface area contributed by atoms with Crippen molar-refractivity contribution in [2.24, 2.45) is 17.8 Å². The van der Waals surface area contributed by atoms with Crippen molar-refractivity contribution in [3.63, 3.8) is 0 Å². The fraction of sp³-hybridized carbons (Fsp3) is 0.591. The monoisotopic (exact) mass is 375 g/mol. The van der Waals surface area contributed by atoms with Crippen LogP contribution in [0.2, 0.25) is 0 Å². The summed E-state index contributed by atoms with van der Waals surface area (Å²) in [6.45, 7) is 6.94. The Morgan fingerprint density at radius 2 is 2.04 bits per heavy atom. The number of allylic oxidation sites excluding steroid dienone is 1. The largest absolute Gasteiger partial charge is 0.513 e. The van der Waals surface area contributed by atoms with Crippen LogP contribution in [0.1, 0.15) is 67.8 Å². The number of aliphatic hydroxyl groups excluding tert-OH is 1. The zero-order valence-corrected chi connectivity index (χ0v) is 16.1. The Hall–Kier alpha value is -2.04. The van der Waals surface area contributed by atoms with Crippen molar-refractivity contribution in [1.82, 2.24) is 4.90 Å². The molecule has 1 aliphatic carbocycles. The molecule has 0 aromatic heterocycles. The van der Waals surface area contributed by atoms with Gasteiger partial charge >= 0.3 is 0 Å². The summed E-state index contributed by atoms with van der Waals surface area (Å²) < 4.78 is 14.1. The molecule has 1 unspecified atom stereocenters. The Balaban J connectivity index is 1.48. The highest BCUT2D eigenvalue weighted by atomic mass is 19.1. The normalized spacial score (nSPS) is 23.3. The quantitative estimate of drug-likeness (QED) is 0.646. The minimum absolute atomic E-state index is 0.0442. The van der Waals surface area contributed by atoms with Gasteiger partial charge in [-0.15, -0.1) is 0 Å². The van der Waals surface area contributed by atoms with Crippen LogP contribution in [0.15, 0.2) is 24.5 Å². The molecule has 2 N–H and O–H groups in total. The number of fused-ring (bicyclic) bond motifs is 1. The molecular formula is C22H30FNO3. The molecule has 27 heavy (non-hydrogen) atoms. The maximum absolute atomic E-state index is 14.1. The van der Waals surface area contributed by atoms with Crippen LogP contribution < -0.4 is 0 Å². The molecule has 1 atom stereocenters. The van der Waals surface area contributed by atoms with Gasteiger partial charge < -0.3 is 15.1 Å². The summed E-state index contributed by atoms with van der Waals surface area (Å²) in [5.41, 5.74) is 0.714. The second kappa shape index (κ2) is 8.32. The van der Waals surface area contributed by atoms with Crippen LogP contribution >= 0.6 is 0 Å². The van der Waals surface area contributed by atoms with Crippen LogP contribution in [0.25, 0.3) is 0 Å². The van der Waals surface area contributed by atoms with E-state index in [0.29, 0.717) is 42.8 Å². The molecule has 148 valence electrons. The molecular weight excluding hydrogens is 345 g/mol. The van der Waals surface area contributed by atoms with Crippen molar-refractivity contribution in [2.75, 3.05) is 6.54 Å². The number of hydrogen-bond donors (Lipinski definition) is 2. The van der Waals surface area contributed by atoms with E-state index in [1.165, 1.54) is 6.07 Å². The van der Waals surface area contributed by atoms with Gasteiger partial charge in [0.1, 0.15) is 0 Å². The lowest BCUT2D eigenvalue weighted by Crippen LogP contribution is -2.32. The standard InChI is InChI=1S/C22H30FNO3/c1-14(4-3-5-15(2)25)17-8-6-16(7-9-17)12-24-13-18-10-11-19(26)21(23)20(18)22(24)27/h10-11,14,16-17,25-26H,2-9,12-13H2,1H3. The van der Waals surface area contributed by atoms with E-state index in [1.807, 2.05) is 0 Å². The molecule has 1 aromatic rings. The third kappa shape index (κ3) is 4.45. The van der Waals surface area contributed by atoms with Crippen molar-refractivity contribution in [2.45, 2.75) is 58.4 Å². The molecule has 2 aliphatic rings. The Kier molecular flexibility index (Phi) is 6.08. The van der Waals surface area contributed by atoms with Crippen LogP contribution in [0.5, 0.6) is 5.75 Å². The van der Waals surface area contributed by atoms with E-state index in [2.05, 4.69) is 13.5 Å². The average Bonchev–Trinajstić information content (AvgIpc) is 2.95. The first-order valence-corrected chi connectivity index (χ1v) is 10.0. The lowest BCUT2D eigenvalue weighted by atomic mass is 9.75. The Labute approximate surface area is 160 Å². The zero-order chi connectivity index (χ0) is 19.6. The first-order chi connectivity index (χ1) is 12.9. The molecule has 1 heterocycles. The summed E-state index contributed by atoms with van der Waals surface area (Å²) in [4.78, 5) is 14.3. The highest BCUT2D eigenvalue weighted by molar-refractivity contribution is 5.99. The number of aliphatic hydroxyl groups is 1. The Morgan fingerprint density at radius 3 is 2.70 bits per heavy atom. The molecule has 1 aromatic carbocycles. The van der Waals surface area contributed by atoms with Crippen LogP contribution in [0, 0.1) is 23.6 Å². The van der Waals surface area contributed by atoms with Crippen molar-refractivity contribution in [3.8, 4) is 5.75 Å². The molecule has 4 nitrogen and oxygen atoms in total. The number of carbonyl (C=O) groups excluding carboxylic acids is 1. The maximum atomic E-state index is 14.1. The molecule has 1 aliphatic heterocycles. The number of phenolic OH excluding ortho intramolecular Hbond substituents is 1. The Morgan fingerprint density at radius 1 is 1.33 bits per heavy atom. The van der Waals surface area contributed by atoms with E-state index in [0.717, 1.165) is 38.5 Å². The van der Waals surface area contributed by atoms with Gasteiger partial charge in [0.15, 0.2) is 11.6 Å². The summed E-state index contributed by atoms with van der Waals surface area (Å²) in [5.74, 6) is 0.533. The molecule has 0 bridgehead atoms. The van der Waals surface area contributed by atoms with E-state index < -0.39 is 11.6 Å². The van der Waals surface area contributed by atoms with Crippen molar-refractivity contribution >= 4 is 5.91 Å². The zero-order valence-electron chi connectivity index (χ0n) is 16.1. The molecule has 0 spiro atoms. The Bertz CT molecular complexity index is 710. The van der Waals surface area contributed by atoms with Gasteiger partial charge in [-0.2, -0.15) is 0 Å². The van der Waals surface area contributed by atoms with Crippen molar-refractivity contribution < 1.29 is 19.4 Å². The van der Waals surface area contributed by atoms with E-state index in [9.17, 15) is 19.4 Å². The SMILES string of the molecule is C=C(O)CCCC(C)C1CCC(CN2Cc3ccc(O)c(F)c3C2=O)CC1. The van der Waals surface area contributed by atoms with Gasteiger partial charge in [0, 0.05) is 19.5 Å². The summed E-state index contributed by atoms with van der Waals surface area (Å²) >= 11 is 0. The highest BCUT2D eigenvalue weighted by Gasteiger charge is 2.34. The number of carbonyl (C=O) groups is 1. The smallest absolute Gasteiger partial charge is 0.257 e. The number of halogens is 1. The summed E-state index contributed by atoms with van der Waals surface area (Å²) in [5, 5.41) is 18.7. The van der Waals surface area contributed by atoms with Crippen LogP contribution in [0.4, 0.5) is 4.39 Å². The lowest BCUT2D eigenvalue weighted by molar-refractivity contribution is 0.0717. The molecule has 5 heteroatoms. The number of amides is 1. The summed E-state index contributed by atoms with van der Waals surface area (Å²) in [6.07, 6.45) is 7.29. The van der Waals surface area contributed by atoms with E-state index in [1.54, 1.807) is 11.0 Å². The van der Waals surface area contributed by atoms with Crippen LogP contribution in [-0.2, 0) is 6.54 Å². The minimum atomic E-state index is -0.789. The third-order valence-electron chi connectivity index (χ3n) is 6.37. The summed E-state index contributed by atoms with van der Waals surface area (Å²) in [6, 6.07) is 2.97. The van der Waals surface area contributed by atoms with Crippen molar-refractivity contribution in [1.29, 1.82) is 0 Å². The topological polar surface area (TPSA) is 60.8 Å². The number of phenols is 1. The van der Waals surface area contributed by atoms with Gasteiger partial charge in [-0.25, -0.2) is 4.39 Å². The van der Waals surface area contributed by atoms with Crippen molar-refractivity contribution in [3.05, 3.63) is 41.4 Å². The molecule has 1 amide bonds. The van der Waals surface area contributed by atoms with Gasteiger partial charge in [0.05, 0.1) is 11.3 Å². The van der Waals surface area contributed by atoms with Crippen LogP contribution in [-0.4, -0.2) is 27.6 Å². The van der Waals surface area contributed by atoms with Gasteiger partial charge in [0.2, 0.25) is 0 Å². The molecule has 0 saturated heterocycles. The third-order valence-corrected chi connectivity index (χ3v) is 6.37. The van der Waals surface area contributed by atoms with E-state index in [-0.39, 0.29) is 17.2 Å². The van der Waals surface area contributed by atoms with Gasteiger partial charge in [-0.05, 0) is 61.5 Å². The first kappa shape index (κ1) is 19.7. The number of aromatic hydroxyl groups is 1. The van der Waals surface area contributed by atoms with E-state index in [4.69, 9.17) is 0 Å². The van der Waals surface area contributed by atoms with E-state index >= 15 is 0 Å². The average molecular weight is 375 g/mol. The second-order valence-corrected chi connectivity index (χ2v) is 8.34. The summed E-state index contributed by atoms with van der Waals surface area (Å²) in [7, 11) is 0. The molecule has 1 saturated carbocycles. The number of hydrogen-bond acceptors (Lipinski definition) is 3. The van der Waals surface area contributed by atoms with Gasteiger partial charge in [-0.3, -0.25) is 4.79 Å². The molecule has 0 radical (unpaired) electrons. The maximum Gasteiger partial charge on any atom is 0.257 e. The highest BCUT2D eigenvalue weighted by Crippen LogP contribution is 2.37. The van der Waals surface area contributed by atoms with Gasteiger partial charge in [0.25, 0.3) is 5.91 Å². The molecule has 3 rings (SSSR count). The number of rotatable bonds is 7. The fourth-order valence-corrected chi connectivity index (χ4v) is 4.67. The number of nitrogens with zero attached hydrogens (tertiary/aromatic N) is 1. The number of benzene rings is 1. The first-order valence-electron chi connectivity index (χ1n) is 10.0. The lowest BCUT2D eigenvalue weighted by Gasteiger charge is -2.34. The second-order valence-electron chi connectivity index (χ2n) is 8.34.